The summed E-state index contributed by atoms with van der Waals surface area (Å²) in [4.78, 5) is 32.9. The van der Waals surface area contributed by atoms with E-state index in [2.05, 4.69) is 9.97 Å². The fourth-order valence-electron chi connectivity index (χ4n) is 1.84. The van der Waals surface area contributed by atoms with Crippen LogP contribution in [0.5, 0.6) is 0 Å². The van der Waals surface area contributed by atoms with Crippen molar-refractivity contribution >= 4 is 23.4 Å². The van der Waals surface area contributed by atoms with Gasteiger partial charge in [0, 0.05) is 17.3 Å². The number of carbonyl (C=O) groups is 2. The maximum Gasteiger partial charge on any atom is 0.411 e. The third kappa shape index (κ3) is 5.10. The molecule has 0 bridgehead atoms. The SMILES string of the molecule is CC(C)(C)OC(=O)N(Cc1ncc[nH]1)Cc1ccc(C(=O)O)s1. The maximum absolute atomic E-state index is 12.4. The summed E-state index contributed by atoms with van der Waals surface area (Å²) >= 11 is 1.14. The molecule has 0 radical (unpaired) electrons. The molecule has 0 unspecified atom stereocenters. The highest BCUT2D eigenvalue weighted by molar-refractivity contribution is 7.13. The molecular weight excluding hydrogens is 318 g/mol. The number of H-pyrrole nitrogens is 1. The normalized spacial score (nSPS) is 11.3. The van der Waals surface area contributed by atoms with Gasteiger partial charge in [-0.05, 0) is 32.9 Å². The summed E-state index contributed by atoms with van der Waals surface area (Å²) in [6, 6.07) is 3.23. The molecule has 0 saturated carbocycles. The molecule has 124 valence electrons. The molecule has 2 aromatic heterocycles. The number of carboxylic acids is 1. The van der Waals surface area contributed by atoms with Crippen LogP contribution in [0.2, 0.25) is 0 Å². The number of hydrogen-bond acceptors (Lipinski definition) is 5. The monoisotopic (exact) mass is 337 g/mol. The van der Waals surface area contributed by atoms with Gasteiger partial charge in [-0.25, -0.2) is 14.6 Å². The minimum absolute atomic E-state index is 0.238. The average molecular weight is 337 g/mol. The highest BCUT2D eigenvalue weighted by Crippen LogP contribution is 2.20. The molecule has 8 heteroatoms. The first-order chi connectivity index (χ1) is 10.7. The Bertz CT molecular complexity index is 673. The van der Waals surface area contributed by atoms with E-state index in [-0.39, 0.29) is 18.0 Å². The summed E-state index contributed by atoms with van der Waals surface area (Å²) < 4.78 is 5.41. The van der Waals surface area contributed by atoms with Gasteiger partial charge in [-0.1, -0.05) is 0 Å². The molecule has 0 aliphatic carbocycles. The second-order valence-corrected chi connectivity index (χ2v) is 7.11. The lowest BCUT2D eigenvalue weighted by Crippen LogP contribution is -2.36. The summed E-state index contributed by atoms with van der Waals surface area (Å²) in [5, 5.41) is 8.99. The highest BCUT2D eigenvalue weighted by atomic mass is 32.1. The summed E-state index contributed by atoms with van der Waals surface area (Å²) in [5.41, 5.74) is -0.611. The number of rotatable bonds is 5. The molecule has 0 aliphatic rings. The van der Waals surface area contributed by atoms with Gasteiger partial charge < -0.3 is 14.8 Å². The number of thiophene rings is 1. The van der Waals surface area contributed by atoms with E-state index < -0.39 is 17.7 Å². The Morgan fingerprint density at radius 1 is 1.35 bits per heavy atom. The van der Waals surface area contributed by atoms with Crippen molar-refractivity contribution in [1.82, 2.24) is 14.9 Å². The van der Waals surface area contributed by atoms with Crippen LogP contribution < -0.4 is 0 Å². The van der Waals surface area contributed by atoms with E-state index in [9.17, 15) is 9.59 Å². The Labute approximate surface area is 137 Å². The van der Waals surface area contributed by atoms with Crippen molar-refractivity contribution < 1.29 is 19.4 Å². The summed E-state index contributed by atoms with van der Waals surface area (Å²) in [5.74, 6) is -0.345. The highest BCUT2D eigenvalue weighted by Gasteiger charge is 2.24. The summed E-state index contributed by atoms with van der Waals surface area (Å²) in [7, 11) is 0. The minimum atomic E-state index is -0.976. The molecule has 0 atom stereocenters. The van der Waals surface area contributed by atoms with E-state index >= 15 is 0 Å². The molecule has 23 heavy (non-hydrogen) atoms. The van der Waals surface area contributed by atoms with E-state index in [0.717, 1.165) is 16.2 Å². The maximum atomic E-state index is 12.4. The topological polar surface area (TPSA) is 95.5 Å². The zero-order valence-corrected chi connectivity index (χ0v) is 14.0. The second-order valence-electron chi connectivity index (χ2n) is 5.94. The number of aromatic nitrogens is 2. The van der Waals surface area contributed by atoms with Crippen molar-refractivity contribution in [1.29, 1.82) is 0 Å². The van der Waals surface area contributed by atoms with Crippen LogP contribution in [0.1, 0.15) is 41.1 Å². The first-order valence-electron chi connectivity index (χ1n) is 7.03. The number of amides is 1. The van der Waals surface area contributed by atoms with Gasteiger partial charge in [0.05, 0.1) is 13.1 Å². The Kier molecular flexibility index (Phi) is 5.05. The van der Waals surface area contributed by atoms with Gasteiger partial charge in [0.25, 0.3) is 0 Å². The molecule has 2 N–H and O–H groups in total. The number of aromatic carboxylic acids is 1. The van der Waals surface area contributed by atoms with E-state index in [1.165, 1.54) is 11.0 Å². The predicted octanol–water partition coefficient (Wildman–Crippen LogP) is 3.11. The molecule has 0 aromatic carbocycles. The molecule has 2 aromatic rings. The van der Waals surface area contributed by atoms with E-state index in [1.807, 2.05) is 0 Å². The Morgan fingerprint density at radius 3 is 2.61 bits per heavy atom. The molecule has 0 spiro atoms. The van der Waals surface area contributed by atoms with Gasteiger partial charge in [-0.2, -0.15) is 0 Å². The van der Waals surface area contributed by atoms with E-state index in [1.54, 1.807) is 39.2 Å². The molecule has 0 aliphatic heterocycles. The van der Waals surface area contributed by atoms with Crippen molar-refractivity contribution in [3.63, 3.8) is 0 Å². The van der Waals surface area contributed by atoms with Gasteiger partial charge in [0.2, 0.25) is 0 Å². The van der Waals surface area contributed by atoms with E-state index in [4.69, 9.17) is 9.84 Å². The standard InChI is InChI=1S/C15H19N3O4S/c1-15(2,3)22-14(21)18(9-12-16-6-7-17-12)8-10-4-5-11(23-10)13(19)20/h4-7H,8-9H2,1-3H3,(H,16,17)(H,19,20). The van der Waals surface area contributed by atoms with Crippen LogP contribution >= 0.6 is 11.3 Å². The summed E-state index contributed by atoms with van der Waals surface area (Å²) in [6.07, 6.45) is 2.81. The van der Waals surface area contributed by atoms with Crippen molar-refractivity contribution in [3.8, 4) is 0 Å². The number of nitrogens with one attached hydrogen (secondary N) is 1. The molecule has 7 nitrogen and oxygen atoms in total. The Balaban J connectivity index is 2.14. The fourth-order valence-corrected chi connectivity index (χ4v) is 2.70. The Hall–Kier alpha value is -2.35. The quantitative estimate of drug-likeness (QED) is 0.874. The number of nitrogens with zero attached hydrogens (tertiary/aromatic N) is 2. The molecule has 1 amide bonds. The number of carboxylic acid groups (broad SMARTS) is 1. The zero-order chi connectivity index (χ0) is 17.0. The van der Waals surface area contributed by atoms with Crippen LogP contribution in [0.3, 0.4) is 0 Å². The van der Waals surface area contributed by atoms with Crippen LogP contribution in [-0.4, -0.2) is 37.6 Å². The van der Waals surface area contributed by atoms with Crippen molar-refractivity contribution in [3.05, 3.63) is 40.1 Å². The van der Waals surface area contributed by atoms with Crippen molar-refractivity contribution in [2.75, 3.05) is 0 Å². The smallest absolute Gasteiger partial charge is 0.411 e. The zero-order valence-electron chi connectivity index (χ0n) is 13.2. The number of carbonyl (C=O) groups excluding carboxylic acids is 1. The van der Waals surface area contributed by atoms with Gasteiger partial charge in [-0.15, -0.1) is 11.3 Å². The average Bonchev–Trinajstić information content (AvgIpc) is 3.07. The lowest BCUT2D eigenvalue weighted by Gasteiger charge is -2.26. The third-order valence-electron chi connectivity index (χ3n) is 2.77. The third-order valence-corrected chi connectivity index (χ3v) is 3.82. The molecule has 0 saturated heterocycles. The van der Waals surface area contributed by atoms with Gasteiger partial charge in [0.15, 0.2) is 0 Å². The minimum Gasteiger partial charge on any atom is -0.477 e. The van der Waals surface area contributed by atoms with Gasteiger partial charge in [-0.3, -0.25) is 4.90 Å². The van der Waals surface area contributed by atoms with Crippen LogP contribution in [0.25, 0.3) is 0 Å². The van der Waals surface area contributed by atoms with E-state index in [0.29, 0.717) is 5.82 Å². The molecular formula is C15H19N3O4S. The number of imidazole rings is 1. The first-order valence-corrected chi connectivity index (χ1v) is 7.84. The van der Waals surface area contributed by atoms with Crippen molar-refractivity contribution in [2.45, 2.75) is 39.5 Å². The van der Waals surface area contributed by atoms with Crippen LogP contribution in [0.15, 0.2) is 24.5 Å². The largest absolute Gasteiger partial charge is 0.477 e. The number of hydrogen-bond donors (Lipinski definition) is 2. The first kappa shape index (κ1) is 17.0. The lowest BCUT2D eigenvalue weighted by atomic mass is 10.2. The summed E-state index contributed by atoms with van der Waals surface area (Å²) in [6.45, 7) is 5.90. The van der Waals surface area contributed by atoms with Crippen LogP contribution in [-0.2, 0) is 17.8 Å². The van der Waals surface area contributed by atoms with Crippen molar-refractivity contribution in [2.24, 2.45) is 0 Å². The molecule has 2 rings (SSSR count). The van der Waals surface area contributed by atoms with Crippen LogP contribution in [0, 0.1) is 0 Å². The molecule has 0 fully saturated rings. The number of ether oxygens (including phenoxy) is 1. The van der Waals surface area contributed by atoms with Gasteiger partial charge >= 0.3 is 12.1 Å². The second kappa shape index (κ2) is 6.82. The number of aromatic amines is 1. The lowest BCUT2D eigenvalue weighted by molar-refractivity contribution is 0.0213. The predicted molar refractivity (Wildman–Crippen MR) is 85.3 cm³/mol. The molecule has 2 heterocycles. The van der Waals surface area contributed by atoms with Crippen LogP contribution in [0.4, 0.5) is 4.79 Å². The van der Waals surface area contributed by atoms with Gasteiger partial charge in [0.1, 0.15) is 16.3 Å². The fraction of sp³-hybridized carbons (Fsp3) is 0.400. The Morgan fingerprint density at radius 2 is 2.09 bits per heavy atom.